The summed E-state index contributed by atoms with van der Waals surface area (Å²) in [5, 5.41) is 12.2. The number of rotatable bonds is 6. The molecular weight excluding hydrogens is 444 g/mol. The van der Waals surface area contributed by atoms with Crippen LogP contribution in [-0.4, -0.2) is 42.8 Å². The second kappa shape index (κ2) is 9.23. The standard InChI is InChI=1S/C23H22N4O3S2/c1-14-7-6-11-26-20(14)25-19(24-10-12-28)17(21(26)29)13-18-22(30)27(23(31)32-18)15(2)16-8-4-3-5-9-16/h3-9,11,13,15,24,28H,10,12H2,1-2H3/b18-13+/t15-/m0/s1. The Morgan fingerprint density at radius 1 is 1.22 bits per heavy atom. The van der Waals surface area contributed by atoms with Crippen LogP contribution in [-0.2, 0) is 4.79 Å². The molecule has 7 nitrogen and oxygen atoms in total. The van der Waals surface area contributed by atoms with Gasteiger partial charge in [0.1, 0.15) is 15.8 Å². The number of hydrogen-bond acceptors (Lipinski definition) is 7. The van der Waals surface area contributed by atoms with Gasteiger partial charge in [0.05, 0.1) is 23.1 Å². The number of aliphatic hydroxyl groups is 1. The van der Waals surface area contributed by atoms with Gasteiger partial charge in [-0.1, -0.05) is 60.4 Å². The van der Waals surface area contributed by atoms with Gasteiger partial charge < -0.3 is 10.4 Å². The average Bonchev–Trinajstić information content (AvgIpc) is 3.08. The summed E-state index contributed by atoms with van der Waals surface area (Å²) in [6.07, 6.45) is 3.19. The number of nitrogens with zero attached hydrogens (tertiary/aromatic N) is 3. The molecule has 0 radical (unpaired) electrons. The molecule has 1 aliphatic rings. The van der Waals surface area contributed by atoms with Gasteiger partial charge in [-0.15, -0.1) is 0 Å². The molecule has 1 saturated heterocycles. The number of benzene rings is 1. The van der Waals surface area contributed by atoms with E-state index in [9.17, 15) is 14.7 Å². The number of pyridine rings is 1. The fraction of sp³-hybridized carbons (Fsp3) is 0.217. The van der Waals surface area contributed by atoms with Crippen LogP contribution in [0.25, 0.3) is 11.7 Å². The van der Waals surface area contributed by atoms with Crippen LogP contribution < -0.4 is 10.9 Å². The Morgan fingerprint density at radius 2 is 1.97 bits per heavy atom. The van der Waals surface area contributed by atoms with E-state index in [1.54, 1.807) is 23.2 Å². The zero-order valence-corrected chi connectivity index (χ0v) is 19.2. The maximum absolute atomic E-state index is 13.3. The summed E-state index contributed by atoms with van der Waals surface area (Å²) in [5.41, 5.74) is 2.26. The lowest BCUT2D eigenvalue weighted by molar-refractivity contribution is -0.123. The van der Waals surface area contributed by atoms with Gasteiger partial charge in [-0.2, -0.15) is 0 Å². The first-order valence-corrected chi connectivity index (χ1v) is 11.3. The minimum absolute atomic E-state index is 0.120. The van der Waals surface area contributed by atoms with Crippen LogP contribution >= 0.6 is 24.0 Å². The van der Waals surface area contributed by atoms with E-state index >= 15 is 0 Å². The molecule has 1 aliphatic heterocycles. The van der Waals surface area contributed by atoms with E-state index in [1.807, 2.05) is 50.2 Å². The molecule has 1 atom stereocenters. The zero-order valence-electron chi connectivity index (χ0n) is 17.6. The first-order valence-electron chi connectivity index (χ1n) is 10.1. The minimum atomic E-state index is -0.305. The van der Waals surface area contributed by atoms with Crippen molar-refractivity contribution < 1.29 is 9.90 Å². The van der Waals surface area contributed by atoms with E-state index in [2.05, 4.69) is 10.3 Å². The van der Waals surface area contributed by atoms with E-state index in [0.29, 0.717) is 20.7 Å². The summed E-state index contributed by atoms with van der Waals surface area (Å²) >= 11 is 6.66. The number of carbonyl (C=O) groups is 1. The first kappa shape index (κ1) is 22.2. The Kier molecular flexibility index (Phi) is 6.40. The van der Waals surface area contributed by atoms with Crippen LogP contribution in [0.1, 0.15) is 29.7 Å². The third kappa shape index (κ3) is 4.06. The van der Waals surface area contributed by atoms with Gasteiger partial charge in [0, 0.05) is 12.7 Å². The molecule has 0 unspecified atom stereocenters. The molecule has 1 amide bonds. The van der Waals surface area contributed by atoms with Crippen molar-refractivity contribution >= 4 is 51.7 Å². The van der Waals surface area contributed by atoms with Gasteiger partial charge in [0.25, 0.3) is 11.5 Å². The number of nitrogens with one attached hydrogen (secondary N) is 1. The second-order valence-electron chi connectivity index (χ2n) is 7.35. The monoisotopic (exact) mass is 466 g/mol. The molecule has 0 aliphatic carbocycles. The van der Waals surface area contributed by atoms with Crippen molar-refractivity contribution in [2.24, 2.45) is 0 Å². The topological polar surface area (TPSA) is 86.9 Å². The van der Waals surface area contributed by atoms with Crippen molar-refractivity contribution in [1.29, 1.82) is 0 Å². The van der Waals surface area contributed by atoms with Crippen LogP contribution in [0.4, 0.5) is 5.82 Å². The molecule has 3 heterocycles. The molecule has 32 heavy (non-hydrogen) atoms. The van der Waals surface area contributed by atoms with E-state index in [0.717, 1.165) is 11.1 Å². The lowest BCUT2D eigenvalue weighted by Gasteiger charge is -2.23. The smallest absolute Gasteiger partial charge is 0.267 e. The summed E-state index contributed by atoms with van der Waals surface area (Å²) in [5.74, 6) is 0.0675. The molecule has 2 N–H and O–H groups in total. The molecule has 0 bridgehead atoms. The summed E-state index contributed by atoms with van der Waals surface area (Å²) < 4.78 is 1.89. The van der Waals surface area contributed by atoms with Gasteiger partial charge >= 0.3 is 0 Å². The van der Waals surface area contributed by atoms with E-state index in [1.165, 1.54) is 16.2 Å². The van der Waals surface area contributed by atoms with Crippen LogP contribution in [0.2, 0.25) is 0 Å². The molecule has 2 aromatic heterocycles. The number of thiocarbonyl (C=S) groups is 1. The van der Waals surface area contributed by atoms with Crippen molar-refractivity contribution in [2.45, 2.75) is 19.9 Å². The number of carbonyl (C=O) groups excluding carboxylic acids is 1. The molecule has 9 heteroatoms. The highest BCUT2D eigenvalue weighted by Gasteiger charge is 2.36. The fourth-order valence-corrected chi connectivity index (χ4v) is 4.98. The molecular formula is C23H22N4O3S2. The summed E-state index contributed by atoms with van der Waals surface area (Å²) in [6, 6.07) is 13.1. The predicted molar refractivity (Wildman–Crippen MR) is 132 cm³/mol. The van der Waals surface area contributed by atoms with Gasteiger partial charge in [-0.05, 0) is 37.1 Å². The number of aryl methyl sites for hydroxylation is 1. The van der Waals surface area contributed by atoms with Crippen molar-refractivity contribution in [2.75, 3.05) is 18.5 Å². The van der Waals surface area contributed by atoms with Crippen molar-refractivity contribution in [3.63, 3.8) is 0 Å². The third-order valence-corrected chi connectivity index (χ3v) is 6.59. The number of hydrogen-bond donors (Lipinski definition) is 2. The van der Waals surface area contributed by atoms with Crippen LogP contribution in [0, 0.1) is 6.92 Å². The summed E-state index contributed by atoms with van der Waals surface area (Å²) in [6.45, 7) is 3.90. The average molecular weight is 467 g/mol. The Bertz CT molecular complexity index is 1290. The second-order valence-corrected chi connectivity index (χ2v) is 9.03. The Hall–Kier alpha value is -3.01. The maximum Gasteiger partial charge on any atom is 0.267 e. The Labute approximate surface area is 194 Å². The van der Waals surface area contributed by atoms with E-state index in [-0.39, 0.29) is 36.2 Å². The van der Waals surface area contributed by atoms with Crippen LogP contribution in [0.15, 0.2) is 58.4 Å². The highest BCUT2D eigenvalue weighted by Crippen LogP contribution is 2.38. The number of thioether (sulfide) groups is 1. The molecule has 3 aromatic rings. The molecule has 0 saturated carbocycles. The summed E-state index contributed by atoms with van der Waals surface area (Å²) in [7, 11) is 0. The SMILES string of the molecule is Cc1cccn2c(=O)c(/C=C3/SC(=S)N([C@@H](C)c4ccccc4)C3=O)c(NCCO)nc12. The van der Waals surface area contributed by atoms with Crippen LogP contribution in [0.3, 0.4) is 0 Å². The quantitative estimate of drug-likeness (QED) is 0.425. The molecule has 0 spiro atoms. The number of aromatic nitrogens is 2. The maximum atomic E-state index is 13.3. The lowest BCUT2D eigenvalue weighted by Crippen LogP contribution is -2.31. The molecule has 4 rings (SSSR count). The van der Waals surface area contributed by atoms with Gasteiger partial charge in [-0.3, -0.25) is 18.9 Å². The van der Waals surface area contributed by atoms with E-state index < -0.39 is 0 Å². The fourth-order valence-electron chi connectivity index (χ4n) is 3.58. The van der Waals surface area contributed by atoms with Crippen molar-refractivity contribution in [3.05, 3.63) is 80.6 Å². The molecule has 164 valence electrons. The summed E-state index contributed by atoms with van der Waals surface area (Å²) in [4.78, 5) is 33.1. The minimum Gasteiger partial charge on any atom is -0.395 e. The largest absolute Gasteiger partial charge is 0.395 e. The first-order chi connectivity index (χ1) is 15.4. The number of anilines is 1. The predicted octanol–water partition coefficient (Wildman–Crippen LogP) is 3.37. The highest BCUT2D eigenvalue weighted by atomic mass is 32.2. The highest BCUT2D eigenvalue weighted by molar-refractivity contribution is 8.26. The number of amides is 1. The Morgan fingerprint density at radius 3 is 2.69 bits per heavy atom. The Balaban J connectivity index is 1.78. The normalized spacial score (nSPS) is 16.2. The zero-order chi connectivity index (χ0) is 22.8. The number of fused-ring (bicyclic) bond motifs is 1. The van der Waals surface area contributed by atoms with Crippen molar-refractivity contribution in [1.82, 2.24) is 14.3 Å². The van der Waals surface area contributed by atoms with E-state index in [4.69, 9.17) is 12.2 Å². The van der Waals surface area contributed by atoms with Crippen molar-refractivity contribution in [3.8, 4) is 0 Å². The lowest BCUT2D eigenvalue weighted by atomic mass is 10.1. The van der Waals surface area contributed by atoms with Gasteiger partial charge in [0.2, 0.25) is 0 Å². The van der Waals surface area contributed by atoms with Gasteiger partial charge in [0.15, 0.2) is 0 Å². The number of aliphatic hydroxyl groups excluding tert-OH is 1. The van der Waals surface area contributed by atoms with Crippen LogP contribution in [0.5, 0.6) is 0 Å². The molecule has 1 fully saturated rings. The molecule has 1 aromatic carbocycles. The third-order valence-electron chi connectivity index (χ3n) is 5.26. The van der Waals surface area contributed by atoms with Gasteiger partial charge in [-0.25, -0.2) is 4.98 Å².